The zero-order valence-corrected chi connectivity index (χ0v) is 17.4. The number of allylic oxidation sites excluding steroid dienone is 1. The highest BCUT2D eigenvalue weighted by Gasteiger charge is 2.59. The lowest BCUT2D eigenvalue weighted by atomic mass is 9.47. The van der Waals surface area contributed by atoms with Crippen LogP contribution in [0.2, 0.25) is 0 Å². The number of carbonyl (C=O) groups is 1. The minimum absolute atomic E-state index is 0.0500. The normalized spacial score (nSPS) is 45.0. The van der Waals surface area contributed by atoms with E-state index in [-0.39, 0.29) is 10.8 Å². The van der Waals surface area contributed by atoms with Crippen molar-refractivity contribution in [3.63, 3.8) is 0 Å². The first-order valence-corrected chi connectivity index (χ1v) is 11.3. The molecule has 0 amide bonds. The van der Waals surface area contributed by atoms with E-state index in [0.29, 0.717) is 23.5 Å². The maximum absolute atomic E-state index is 12.6. The molecule has 4 aliphatic carbocycles. The Morgan fingerprint density at radius 3 is 2.54 bits per heavy atom. The van der Waals surface area contributed by atoms with Gasteiger partial charge in [-0.2, -0.15) is 0 Å². The molecule has 6 atom stereocenters. The minimum atomic E-state index is -0.605. The average molecular weight is 379 g/mol. The molecule has 28 heavy (non-hydrogen) atoms. The Labute approximate surface area is 169 Å². The highest BCUT2D eigenvalue weighted by Crippen LogP contribution is 2.64. The van der Waals surface area contributed by atoms with Gasteiger partial charge in [-0.1, -0.05) is 55.8 Å². The van der Waals surface area contributed by atoms with Crippen molar-refractivity contribution in [2.45, 2.75) is 77.2 Å². The summed E-state index contributed by atoms with van der Waals surface area (Å²) in [5.41, 5.74) is 2.31. The molecule has 0 bridgehead atoms. The molecule has 0 aromatic heterocycles. The number of benzene rings is 1. The van der Waals surface area contributed by atoms with Crippen LogP contribution in [0.4, 0.5) is 0 Å². The van der Waals surface area contributed by atoms with Gasteiger partial charge in [0, 0.05) is 18.3 Å². The van der Waals surface area contributed by atoms with Crippen molar-refractivity contribution in [3.8, 4) is 0 Å². The number of hydrogen-bond acceptors (Lipinski definition) is 2. The Kier molecular flexibility index (Phi) is 4.18. The molecule has 6 unspecified atom stereocenters. The van der Waals surface area contributed by atoms with E-state index >= 15 is 0 Å². The number of aliphatic hydroxyl groups is 1. The molecule has 1 aromatic rings. The van der Waals surface area contributed by atoms with Crippen LogP contribution in [0.1, 0.15) is 70.8 Å². The number of hydrogen-bond donors (Lipinski definition) is 1. The highest BCUT2D eigenvalue weighted by atomic mass is 16.3. The number of rotatable bonds is 2. The summed E-state index contributed by atoms with van der Waals surface area (Å²) in [6.07, 6.45) is 11.3. The Balaban J connectivity index is 1.40. The molecule has 4 aliphatic rings. The van der Waals surface area contributed by atoms with Crippen LogP contribution >= 0.6 is 0 Å². The van der Waals surface area contributed by atoms with Crippen LogP contribution in [0.25, 0.3) is 0 Å². The van der Waals surface area contributed by atoms with Gasteiger partial charge in [-0.25, -0.2) is 0 Å². The van der Waals surface area contributed by atoms with E-state index in [0.717, 1.165) is 51.4 Å². The molecule has 2 nitrogen and oxygen atoms in total. The first kappa shape index (κ1) is 18.6. The fourth-order valence-corrected chi connectivity index (χ4v) is 7.61. The summed E-state index contributed by atoms with van der Waals surface area (Å²) >= 11 is 0. The van der Waals surface area contributed by atoms with Crippen LogP contribution in [0.5, 0.6) is 0 Å². The lowest BCUT2D eigenvalue weighted by Gasteiger charge is -2.58. The van der Waals surface area contributed by atoms with Crippen molar-refractivity contribution in [2.75, 3.05) is 0 Å². The predicted molar refractivity (Wildman–Crippen MR) is 112 cm³/mol. The summed E-state index contributed by atoms with van der Waals surface area (Å²) in [6.45, 7) is 4.72. The van der Waals surface area contributed by atoms with Gasteiger partial charge in [0.1, 0.15) is 5.78 Å². The molecule has 5 rings (SSSR count). The number of Topliss-reactive ketones (excluding diaryl/α,β-unsaturated/α-hetero) is 1. The van der Waals surface area contributed by atoms with Gasteiger partial charge in [-0.15, -0.1) is 0 Å². The second-order valence-corrected chi connectivity index (χ2v) is 10.7. The third-order valence-electron chi connectivity index (χ3n) is 9.34. The molecule has 3 fully saturated rings. The van der Waals surface area contributed by atoms with E-state index in [2.05, 4.69) is 44.2 Å². The van der Waals surface area contributed by atoms with Crippen LogP contribution in [0, 0.1) is 28.6 Å². The van der Waals surface area contributed by atoms with Gasteiger partial charge in [0.25, 0.3) is 0 Å². The zero-order valence-electron chi connectivity index (χ0n) is 17.4. The number of fused-ring (bicyclic) bond motifs is 5. The van der Waals surface area contributed by atoms with Gasteiger partial charge in [0.05, 0.1) is 5.60 Å². The summed E-state index contributed by atoms with van der Waals surface area (Å²) in [6, 6.07) is 10.4. The van der Waals surface area contributed by atoms with Gasteiger partial charge in [0.2, 0.25) is 0 Å². The molecule has 0 spiro atoms. The summed E-state index contributed by atoms with van der Waals surface area (Å²) in [5.74, 6) is 2.47. The summed E-state index contributed by atoms with van der Waals surface area (Å²) in [7, 11) is 0. The quantitative estimate of drug-likeness (QED) is 0.691. The number of carbonyl (C=O) groups excluding carboxylic acids is 1. The predicted octanol–water partition coefficient (Wildman–Crippen LogP) is 5.49. The first-order valence-electron chi connectivity index (χ1n) is 11.3. The molecule has 0 aliphatic heterocycles. The fraction of sp³-hybridized carbons (Fsp3) is 0.654. The van der Waals surface area contributed by atoms with Crippen molar-refractivity contribution in [3.05, 3.63) is 47.5 Å². The zero-order chi connectivity index (χ0) is 19.6. The van der Waals surface area contributed by atoms with Gasteiger partial charge in [-0.05, 0) is 73.7 Å². The van der Waals surface area contributed by atoms with Gasteiger partial charge < -0.3 is 5.11 Å². The Morgan fingerprint density at radius 2 is 1.75 bits per heavy atom. The number of ketones is 1. The van der Waals surface area contributed by atoms with Crippen molar-refractivity contribution >= 4 is 5.78 Å². The van der Waals surface area contributed by atoms with Crippen molar-refractivity contribution < 1.29 is 9.90 Å². The molecule has 150 valence electrons. The molecule has 2 heteroatoms. The maximum atomic E-state index is 12.6. The lowest BCUT2D eigenvalue weighted by molar-refractivity contribution is -0.132. The lowest BCUT2D eigenvalue weighted by Crippen LogP contribution is -2.52. The van der Waals surface area contributed by atoms with E-state index in [9.17, 15) is 9.90 Å². The Morgan fingerprint density at radius 1 is 1.00 bits per heavy atom. The first-order chi connectivity index (χ1) is 13.3. The van der Waals surface area contributed by atoms with Crippen LogP contribution in [0.3, 0.4) is 0 Å². The van der Waals surface area contributed by atoms with Crippen LogP contribution in [-0.2, 0) is 11.2 Å². The third kappa shape index (κ3) is 2.67. The van der Waals surface area contributed by atoms with Crippen molar-refractivity contribution in [2.24, 2.45) is 28.6 Å². The highest BCUT2D eigenvalue weighted by molar-refractivity contribution is 5.87. The SMILES string of the molecule is CC12CCC3C(CC=C4CC(O)(Cc5ccccc5)CCC43C)C1CCC2=O. The van der Waals surface area contributed by atoms with Crippen LogP contribution in [-0.4, -0.2) is 16.5 Å². The van der Waals surface area contributed by atoms with Gasteiger partial charge in [-0.3, -0.25) is 4.79 Å². The van der Waals surface area contributed by atoms with Crippen LogP contribution in [0.15, 0.2) is 42.0 Å². The fourth-order valence-electron chi connectivity index (χ4n) is 7.61. The minimum Gasteiger partial charge on any atom is -0.389 e. The molecule has 0 radical (unpaired) electrons. The van der Waals surface area contributed by atoms with Gasteiger partial charge >= 0.3 is 0 Å². The van der Waals surface area contributed by atoms with Crippen molar-refractivity contribution in [1.82, 2.24) is 0 Å². The monoisotopic (exact) mass is 378 g/mol. The van der Waals surface area contributed by atoms with E-state index in [4.69, 9.17) is 0 Å². The smallest absolute Gasteiger partial charge is 0.139 e. The average Bonchev–Trinajstić information content (AvgIpc) is 2.98. The summed E-state index contributed by atoms with van der Waals surface area (Å²) < 4.78 is 0. The topological polar surface area (TPSA) is 37.3 Å². The molecule has 1 N–H and O–H groups in total. The van der Waals surface area contributed by atoms with E-state index in [1.54, 1.807) is 0 Å². The second-order valence-electron chi connectivity index (χ2n) is 10.7. The molecular formula is C26H34O2. The second kappa shape index (κ2) is 6.29. The third-order valence-corrected chi connectivity index (χ3v) is 9.34. The van der Waals surface area contributed by atoms with Crippen molar-refractivity contribution in [1.29, 1.82) is 0 Å². The summed E-state index contributed by atoms with van der Waals surface area (Å²) in [4.78, 5) is 12.6. The van der Waals surface area contributed by atoms with E-state index in [1.165, 1.54) is 17.6 Å². The molecule has 0 heterocycles. The maximum Gasteiger partial charge on any atom is 0.139 e. The largest absolute Gasteiger partial charge is 0.389 e. The van der Waals surface area contributed by atoms with Crippen LogP contribution < -0.4 is 0 Å². The molecular weight excluding hydrogens is 344 g/mol. The Bertz CT molecular complexity index is 811. The standard InChI is InChI=1S/C26H34O2/c1-24-14-15-26(28,16-18-6-4-3-5-7-18)17-19(24)8-9-20-21-10-11-23(27)25(21,2)13-12-22(20)24/h3-8,20-22,28H,9-17H2,1-2H3. The van der Waals surface area contributed by atoms with E-state index < -0.39 is 5.60 Å². The Hall–Kier alpha value is -1.41. The summed E-state index contributed by atoms with van der Waals surface area (Å²) in [5, 5.41) is 11.4. The molecule has 1 aromatic carbocycles. The molecule has 3 saturated carbocycles. The van der Waals surface area contributed by atoms with Gasteiger partial charge in [0.15, 0.2) is 0 Å². The molecule has 0 saturated heterocycles. The van der Waals surface area contributed by atoms with E-state index in [1.807, 2.05) is 6.07 Å².